The monoisotopic (exact) mass is 258 g/mol. The number of ether oxygens (including phenoxy) is 1. The van der Waals surface area contributed by atoms with Crippen LogP contribution in [0, 0.1) is 0 Å². The average Bonchev–Trinajstić information content (AvgIpc) is 2.10. The highest BCUT2D eigenvalue weighted by Gasteiger charge is 2.46. The minimum atomic E-state index is -1.02. The Morgan fingerprint density at radius 2 is 1.89 bits per heavy atom. The average molecular weight is 258 g/mol. The Hall–Kier alpha value is -1.30. The van der Waals surface area contributed by atoms with Crippen LogP contribution in [0.15, 0.2) is 0 Å². The van der Waals surface area contributed by atoms with E-state index in [-0.39, 0.29) is 25.5 Å². The molecule has 0 unspecified atom stereocenters. The number of amides is 2. The van der Waals surface area contributed by atoms with Crippen molar-refractivity contribution in [1.29, 1.82) is 0 Å². The zero-order valence-corrected chi connectivity index (χ0v) is 11.7. The van der Waals surface area contributed by atoms with Crippen molar-refractivity contribution in [2.75, 3.05) is 26.7 Å². The molecule has 6 nitrogen and oxygen atoms in total. The summed E-state index contributed by atoms with van der Waals surface area (Å²) in [6, 6.07) is 0. The van der Waals surface area contributed by atoms with Crippen LogP contribution in [0.5, 0.6) is 0 Å². The Kier molecular flexibility index (Phi) is 3.90. The van der Waals surface area contributed by atoms with Crippen molar-refractivity contribution in [1.82, 2.24) is 9.80 Å². The molecule has 0 saturated carbocycles. The molecule has 0 aromatic heterocycles. The molecule has 1 saturated heterocycles. The Bertz CT molecular complexity index is 342. The van der Waals surface area contributed by atoms with E-state index in [0.717, 1.165) is 0 Å². The number of likely N-dealkylation sites (tertiary alicyclic amines) is 1. The molecule has 0 aliphatic carbocycles. The minimum Gasteiger partial charge on any atom is -0.444 e. The number of β-amino-alcohol motifs (C(OH)–C–C–N with tert-alkyl or cyclic N) is 1. The predicted molar refractivity (Wildman–Crippen MR) is 66.1 cm³/mol. The summed E-state index contributed by atoms with van der Waals surface area (Å²) in [5.41, 5.74) is -1.56. The molecule has 0 aromatic carbocycles. The quantitative estimate of drug-likeness (QED) is 0.780. The van der Waals surface area contributed by atoms with Gasteiger partial charge in [-0.25, -0.2) is 4.79 Å². The molecule has 1 rings (SSSR count). The van der Waals surface area contributed by atoms with E-state index in [2.05, 4.69) is 0 Å². The third kappa shape index (κ3) is 3.87. The maximum Gasteiger partial charge on any atom is 0.410 e. The summed E-state index contributed by atoms with van der Waals surface area (Å²) in [4.78, 5) is 25.6. The number of hydrogen-bond donors (Lipinski definition) is 1. The van der Waals surface area contributed by atoms with Crippen LogP contribution in [-0.4, -0.2) is 64.8 Å². The van der Waals surface area contributed by atoms with E-state index in [1.165, 1.54) is 16.7 Å². The lowest BCUT2D eigenvalue weighted by molar-refractivity contribution is -0.139. The van der Waals surface area contributed by atoms with Gasteiger partial charge in [-0.3, -0.25) is 4.79 Å². The summed E-state index contributed by atoms with van der Waals surface area (Å²) in [6.45, 7) is 7.43. The molecule has 0 bridgehead atoms. The Balaban J connectivity index is 2.43. The first-order chi connectivity index (χ1) is 8.02. The number of carbonyl (C=O) groups excluding carboxylic acids is 2. The number of rotatable bonds is 2. The highest BCUT2D eigenvalue weighted by Crippen LogP contribution is 2.24. The number of nitrogens with zero attached hydrogens (tertiary/aromatic N) is 2. The number of carbonyl (C=O) groups is 2. The van der Waals surface area contributed by atoms with Gasteiger partial charge in [-0.15, -0.1) is 0 Å². The van der Waals surface area contributed by atoms with E-state index in [9.17, 15) is 14.7 Å². The summed E-state index contributed by atoms with van der Waals surface area (Å²) in [7, 11) is 1.62. The van der Waals surface area contributed by atoms with Gasteiger partial charge in [0.05, 0.1) is 19.6 Å². The highest BCUT2D eigenvalue weighted by atomic mass is 16.6. The van der Waals surface area contributed by atoms with Crippen molar-refractivity contribution in [2.24, 2.45) is 0 Å². The van der Waals surface area contributed by atoms with E-state index in [1.54, 1.807) is 27.8 Å². The summed E-state index contributed by atoms with van der Waals surface area (Å²) >= 11 is 0. The van der Waals surface area contributed by atoms with Crippen LogP contribution in [0.2, 0.25) is 0 Å². The van der Waals surface area contributed by atoms with Crippen molar-refractivity contribution in [2.45, 2.75) is 38.9 Å². The van der Waals surface area contributed by atoms with Crippen LogP contribution >= 0.6 is 0 Å². The fourth-order valence-corrected chi connectivity index (χ4v) is 1.77. The van der Waals surface area contributed by atoms with Gasteiger partial charge in [0.25, 0.3) is 0 Å². The third-order valence-corrected chi connectivity index (χ3v) is 2.69. The zero-order chi connectivity index (χ0) is 14.1. The molecule has 1 fully saturated rings. The van der Waals surface area contributed by atoms with Crippen LogP contribution in [0.4, 0.5) is 4.79 Å². The molecular weight excluding hydrogens is 236 g/mol. The lowest BCUT2D eigenvalue weighted by atomic mass is 9.94. The molecule has 0 aromatic rings. The Morgan fingerprint density at radius 3 is 2.28 bits per heavy atom. The Labute approximate surface area is 107 Å². The molecule has 1 aliphatic rings. The molecule has 1 N–H and O–H groups in total. The fraction of sp³-hybridized carbons (Fsp3) is 0.833. The second-order valence-electron chi connectivity index (χ2n) is 5.94. The first-order valence-electron chi connectivity index (χ1n) is 5.94. The van der Waals surface area contributed by atoms with Gasteiger partial charge in [0, 0.05) is 14.0 Å². The molecule has 2 amide bonds. The molecule has 6 heteroatoms. The van der Waals surface area contributed by atoms with Gasteiger partial charge >= 0.3 is 6.09 Å². The van der Waals surface area contributed by atoms with Crippen LogP contribution in [-0.2, 0) is 9.53 Å². The largest absolute Gasteiger partial charge is 0.444 e. The highest BCUT2D eigenvalue weighted by molar-refractivity contribution is 5.73. The normalized spacial score (nSPS) is 18.0. The molecule has 1 heterocycles. The standard InChI is InChI=1S/C12H22N2O4/c1-9(15)13(5)6-12(17)7-14(8-12)10(16)18-11(2,3)4/h17H,6-8H2,1-5H3. The molecule has 0 radical (unpaired) electrons. The van der Waals surface area contributed by atoms with Gasteiger partial charge in [-0.2, -0.15) is 0 Å². The molecule has 104 valence electrons. The van der Waals surface area contributed by atoms with E-state index in [4.69, 9.17) is 4.74 Å². The van der Waals surface area contributed by atoms with Gasteiger partial charge in [-0.05, 0) is 20.8 Å². The van der Waals surface area contributed by atoms with Crippen molar-refractivity contribution in [3.63, 3.8) is 0 Å². The van der Waals surface area contributed by atoms with Gasteiger partial charge in [0.2, 0.25) is 5.91 Å². The van der Waals surface area contributed by atoms with Gasteiger partial charge in [0.15, 0.2) is 0 Å². The summed E-state index contributed by atoms with van der Waals surface area (Å²) in [5, 5.41) is 10.1. The summed E-state index contributed by atoms with van der Waals surface area (Å²) in [5.74, 6) is -0.112. The second-order valence-corrected chi connectivity index (χ2v) is 5.94. The SMILES string of the molecule is CC(=O)N(C)CC1(O)CN(C(=O)OC(C)(C)C)C1. The lowest BCUT2D eigenvalue weighted by Crippen LogP contribution is -2.68. The first kappa shape index (κ1) is 14.8. The molecule has 0 spiro atoms. The smallest absolute Gasteiger partial charge is 0.410 e. The predicted octanol–water partition coefficient (Wildman–Crippen LogP) is 0.447. The maximum atomic E-state index is 11.7. The van der Waals surface area contributed by atoms with E-state index < -0.39 is 17.3 Å². The molecule has 1 aliphatic heterocycles. The van der Waals surface area contributed by atoms with Gasteiger partial charge < -0.3 is 19.6 Å². The van der Waals surface area contributed by atoms with Crippen LogP contribution in [0.1, 0.15) is 27.7 Å². The fourth-order valence-electron chi connectivity index (χ4n) is 1.77. The van der Waals surface area contributed by atoms with Crippen LogP contribution in [0.25, 0.3) is 0 Å². The topological polar surface area (TPSA) is 70.1 Å². The van der Waals surface area contributed by atoms with E-state index in [0.29, 0.717) is 0 Å². The summed E-state index contributed by atoms with van der Waals surface area (Å²) < 4.78 is 5.18. The van der Waals surface area contributed by atoms with E-state index in [1.807, 2.05) is 0 Å². The first-order valence-corrected chi connectivity index (χ1v) is 5.94. The Morgan fingerprint density at radius 1 is 1.39 bits per heavy atom. The lowest BCUT2D eigenvalue weighted by Gasteiger charge is -2.47. The maximum absolute atomic E-state index is 11.7. The number of aliphatic hydroxyl groups is 1. The second kappa shape index (κ2) is 4.76. The number of hydrogen-bond acceptors (Lipinski definition) is 4. The molecular formula is C12H22N2O4. The van der Waals surface area contributed by atoms with Crippen molar-refractivity contribution < 1.29 is 19.4 Å². The minimum absolute atomic E-state index is 0.112. The molecule has 18 heavy (non-hydrogen) atoms. The zero-order valence-electron chi connectivity index (χ0n) is 11.7. The number of likely N-dealkylation sites (N-methyl/N-ethyl adjacent to an activating group) is 1. The van der Waals surface area contributed by atoms with Crippen LogP contribution < -0.4 is 0 Å². The van der Waals surface area contributed by atoms with Crippen molar-refractivity contribution in [3.8, 4) is 0 Å². The van der Waals surface area contributed by atoms with Crippen LogP contribution in [0.3, 0.4) is 0 Å². The van der Waals surface area contributed by atoms with Crippen molar-refractivity contribution >= 4 is 12.0 Å². The van der Waals surface area contributed by atoms with Gasteiger partial charge in [-0.1, -0.05) is 0 Å². The van der Waals surface area contributed by atoms with Gasteiger partial charge in [0.1, 0.15) is 11.2 Å². The van der Waals surface area contributed by atoms with Crippen molar-refractivity contribution in [3.05, 3.63) is 0 Å². The summed E-state index contributed by atoms with van der Waals surface area (Å²) in [6.07, 6.45) is -0.433. The molecule has 0 atom stereocenters. The third-order valence-electron chi connectivity index (χ3n) is 2.69. The van der Waals surface area contributed by atoms with E-state index >= 15 is 0 Å².